The highest BCUT2D eigenvalue weighted by molar-refractivity contribution is 5.88. The minimum absolute atomic E-state index is 0.0620. The van der Waals surface area contributed by atoms with Gasteiger partial charge in [0.05, 0.1) is 13.2 Å². The smallest absolute Gasteiger partial charge is 0.243 e. The van der Waals surface area contributed by atoms with Gasteiger partial charge in [0.15, 0.2) is 11.5 Å². The second kappa shape index (κ2) is 15.7. The van der Waals surface area contributed by atoms with E-state index in [4.69, 9.17) is 9.47 Å². The third-order valence-electron chi connectivity index (χ3n) is 6.66. The number of rotatable bonds is 15. The van der Waals surface area contributed by atoms with Crippen LogP contribution in [0.2, 0.25) is 0 Å². The molecule has 3 rings (SSSR count). The molecule has 0 unspecified atom stereocenters. The molecule has 1 N–H and O–H groups in total. The molecular weight excluding hydrogens is 500 g/mol. The van der Waals surface area contributed by atoms with Gasteiger partial charge in [-0.05, 0) is 61.9 Å². The van der Waals surface area contributed by atoms with Crippen LogP contribution >= 0.6 is 0 Å². The van der Waals surface area contributed by atoms with Gasteiger partial charge < -0.3 is 19.7 Å². The van der Waals surface area contributed by atoms with Crippen LogP contribution in [-0.4, -0.2) is 42.5 Å². The lowest BCUT2D eigenvalue weighted by atomic mass is 10.0. The Labute approximate surface area is 239 Å². The number of hydrogen-bond donors (Lipinski definition) is 1. The van der Waals surface area contributed by atoms with E-state index in [1.165, 1.54) is 0 Å². The molecule has 0 aliphatic rings. The molecule has 0 saturated heterocycles. The quantitative estimate of drug-likeness (QED) is 0.250. The zero-order valence-electron chi connectivity index (χ0n) is 24.6. The van der Waals surface area contributed by atoms with Crippen LogP contribution in [-0.2, 0) is 29.0 Å². The first kappa shape index (κ1) is 30.7. The van der Waals surface area contributed by atoms with Crippen molar-refractivity contribution >= 4 is 11.8 Å². The molecule has 0 bridgehead atoms. The lowest BCUT2D eigenvalue weighted by Crippen LogP contribution is -2.51. The third kappa shape index (κ3) is 9.44. The van der Waals surface area contributed by atoms with Crippen molar-refractivity contribution in [2.24, 2.45) is 5.92 Å². The van der Waals surface area contributed by atoms with Crippen molar-refractivity contribution in [1.29, 1.82) is 0 Å². The average Bonchev–Trinajstić information content (AvgIpc) is 2.95. The second-order valence-corrected chi connectivity index (χ2v) is 10.5. The number of carbonyl (C=O) groups is 2. The topological polar surface area (TPSA) is 67.9 Å². The minimum atomic E-state index is -0.630. The number of ether oxygens (including phenoxy) is 2. The molecule has 214 valence electrons. The summed E-state index contributed by atoms with van der Waals surface area (Å²) in [4.78, 5) is 29.3. The number of nitrogens with one attached hydrogen (secondary N) is 1. The van der Waals surface area contributed by atoms with Crippen molar-refractivity contribution in [3.8, 4) is 11.5 Å². The first-order valence-electron chi connectivity index (χ1n) is 14.4. The second-order valence-electron chi connectivity index (χ2n) is 10.5. The highest BCUT2D eigenvalue weighted by Gasteiger charge is 2.30. The van der Waals surface area contributed by atoms with Crippen LogP contribution in [0.25, 0.3) is 0 Å². The summed E-state index contributed by atoms with van der Waals surface area (Å²) < 4.78 is 11.5. The fourth-order valence-electron chi connectivity index (χ4n) is 4.51. The summed E-state index contributed by atoms with van der Waals surface area (Å²) in [6.45, 7) is 12.0. The summed E-state index contributed by atoms with van der Waals surface area (Å²) in [6.07, 6.45) is 1.25. The molecule has 0 heterocycles. The van der Waals surface area contributed by atoms with E-state index < -0.39 is 6.04 Å². The molecule has 2 amide bonds. The lowest BCUT2D eigenvalue weighted by molar-refractivity contribution is -0.141. The Morgan fingerprint density at radius 3 is 2.12 bits per heavy atom. The molecule has 0 aromatic heterocycles. The third-order valence-corrected chi connectivity index (χ3v) is 6.66. The Balaban J connectivity index is 1.89. The van der Waals surface area contributed by atoms with E-state index in [1.807, 2.05) is 93.6 Å². The molecule has 0 spiro atoms. The summed E-state index contributed by atoms with van der Waals surface area (Å²) in [7, 11) is 0. The standard InChI is InChI=1S/C34H44N2O4/c1-6-39-31-19-17-28(22-32(31)40-7-2)18-20-33(37)36(24-29-15-13-26(5)14-16-29)30(34(38)35-23-25(3)4)21-27-11-9-8-10-12-27/h8-17,19,22,25,30H,6-7,18,20-21,23-24H2,1-5H3,(H,35,38)/t30-/m0/s1. The monoisotopic (exact) mass is 544 g/mol. The Morgan fingerprint density at radius 2 is 1.48 bits per heavy atom. The molecule has 0 saturated carbocycles. The highest BCUT2D eigenvalue weighted by atomic mass is 16.5. The molecule has 40 heavy (non-hydrogen) atoms. The van der Waals surface area contributed by atoms with Crippen LogP contribution in [0.5, 0.6) is 11.5 Å². The van der Waals surface area contributed by atoms with Crippen LogP contribution in [0.15, 0.2) is 72.8 Å². The number of carbonyl (C=O) groups excluding carboxylic acids is 2. The maximum atomic E-state index is 13.9. The SMILES string of the molecule is CCOc1ccc(CCC(=O)N(Cc2ccc(C)cc2)[C@@H](Cc2ccccc2)C(=O)NCC(C)C)cc1OCC. The molecule has 3 aromatic rings. The van der Waals surface area contributed by atoms with Crippen molar-refractivity contribution in [2.75, 3.05) is 19.8 Å². The summed E-state index contributed by atoms with van der Waals surface area (Å²) >= 11 is 0. The fraction of sp³-hybridized carbons (Fsp3) is 0.412. The molecule has 0 aliphatic carbocycles. The first-order chi connectivity index (χ1) is 19.3. The summed E-state index contributed by atoms with van der Waals surface area (Å²) in [5.41, 5.74) is 4.15. The van der Waals surface area contributed by atoms with Crippen LogP contribution in [0.4, 0.5) is 0 Å². The van der Waals surface area contributed by atoms with E-state index in [-0.39, 0.29) is 18.2 Å². The van der Waals surface area contributed by atoms with Gasteiger partial charge in [-0.25, -0.2) is 0 Å². The van der Waals surface area contributed by atoms with Gasteiger partial charge in [0, 0.05) is 25.9 Å². The molecular formula is C34H44N2O4. The van der Waals surface area contributed by atoms with Gasteiger partial charge in [-0.1, -0.05) is 80.1 Å². The largest absolute Gasteiger partial charge is 0.490 e. The predicted molar refractivity (Wildman–Crippen MR) is 161 cm³/mol. The van der Waals surface area contributed by atoms with Crippen LogP contribution in [0.3, 0.4) is 0 Å². The van der Waals surface area contributed by atoms with E-state index in [2.05, 4.69) is 19.2 Å². The zero-order valence-corrected chi connectivity index (χ0v) is 24.6. The van der Waals surface area contributed by atoms with Crippen molar-refractivity contribution in [2.45, 2.75) is 66.5 Å². The summed E-state index contributed by atoms with van der Waals surface area (Å²) in [5.74, 6) is 1.50. The van der Waals surface area contributed by atoms with Crippen LogP contribution < -0.4 is 14.8 Å². The van der Waals surface area contributed by atoms with Gasteiger partial charge in [-0.15, -0.1) is 0 Å². The number of benzene rings is 3. The van der Waals surface area contributed by atoms with E-state index in [0.29, 0.717) is 56.6 Å². The summed E-state index contributed by atoms with van der Waals surface area (Å²) in [5, 5.41) is 3.08. The average molecular weight is 545 g/mol. The van der Waals surface area contributed by atoms with Crippen LogP contribution in [0.1, 0.15) is 56.4 Å². The number of amides is 2. The number of aryl methyl sites for hydroxylation is 2. The Kier molecular flexibility index (Phi) is 12.1. The molecule has 1 atom stereocenters. The molecule has 0 fully saturated rings. The normalized spacial score (nSPS) is 11.7. The summed E-state index contributed by atoms with van der Waals surface area (Å²) in [6, 6.07) is 23.2. The Morgan fingerprint density at radius 1 is 0.825 bits per heavy atom. The van der Waals surface area contributed by atoms with Gasteiger partial charge >= 0.3 is 0 Å². The van der Waals surface area contributed by atoms with Crippen molar-refractivity contribution < 1.29 is 19.1 Å². The van der Waals surface area contributed by atoms with E-state index >= 15 is 0 Å². The van der Waals surface area contributed by atoms with E-state index in [0.717, 1.165) is 22.3 Å². The molecule has 6 nitrogen and oxygen atoms in total. The molecule has 3 aromatic carbocycles. The van der Waals surface area contributed by atoms with E-state index in [1.54, 1.807) is 4.90 Å². The van der Waals surface area contributed by atoms with Gasteiger partial charge in [0.1, 0.15) is 6.04 Å². The minimum Gasteiger partial charge on any atom is -0.490 e. The maximum absolute atomic E-state index is 13.9. The highest BCUT2D eigenvalue weighted by Crippen LogP contribution is 2.29. The molecule has 6 heteroatoms. The number of hydrogen-bond acceptors (Lipinski definition) is 4. The Bertz CT molecular complexity index is 1210. The van der Waals surface area contributed by atoms with E-state index in [9.17, 15) is 9.59 Å². The predicted octanol–water partition coefficient (Wildman–Crippen LogP) is 6.14. The lowest BCUT2D eigenvalue weighted by Gasteiger charge is -2.32. The van der Waals surface area contributed by atoms with Gasteiger partial charge in [0.25, 0.3) is 0 Å². The Hall–Kier alpha value is -3.80. The van der Waals surface area contributed by atoms with Crippen LogP contribution in [0, 0.1) is 12.8 Å². The van der Waals surface area contributed by atoms with Gasteiger partial charge in [0.2, 0.25) is 11.8 Å². The molecule has 0 radical (unpaired) electrons. The first-order valence-corrected chi connectivity index (χ1v) is 14.4. The van der Waals surface area contributed by atoms with Crippen molar-refractivity contribution in [1.82, 2.24) is 10.2 Å². The zero-order chi connectivity index (χ0) is 28.9. The van der Waals surface area contributed by atoms with Crippen molar-refractivity contribution in [3.63, 3.8) is 0 Å². The van der Waals surface area contributed by atoms with Gasteiger partial charge in [-0.2, -0.15) is 0 Å². The molecule has 0 aliphatic heterocycles. The van der Waals surface area contributed by atoms with Gasteiger partial charge in [-0.3, -0.25) is 9.59 Å². The fourth-order valence-corrected chi connectivity index (χ4v) is 4.51. The number of nitrogens with zero attached hydrogens (tertiary/aromatic N) is 1. The van der Waals surface area contributed by atoms with Crippen molar-refractivity contribution in [3.05, 3.63) is 95.1 Å². The maximum Gasteiger partial charge on any atom is 0.243 e.